The van der Waals surface area contributed by atoms with Gasteiger partial charge >= 0.3 is 0 Å². The largest absolute Gasteiger partial charge is 0.395 e. The Labute approximate surface area is 171 Å². The molecule has 3 heterocycles. The summed E-state index contributed by atoms with van der Waals surface area (Å²) in [5.41, 5.74) is 3.43. The number of β-amino-alcohol motifs (C(OH)–C–C–N with tert-alkyl or cyclic N) is 1. The molecule has 3 aliphatic heterocycles. The molecular weight excluding hydrogens is 364 g/mol. The molecule has 6 heteroatoms. The van der Waals surface area contributed by atoms with Gasteiger partial charge in [-0.05, 0) is 37.1 Å². The van der Waals surface area contributed by atoms with E-state index in [-0.39, 0.29) is 18.6 Å². The number of benzene rings is 2. The number of amides is 1. The van der Waals surface area contributed by atoms with Crippen LogP contribution < -0.4 is 9.91 Å². The van der Waals surface area contributed by atoms with Crippen LogP contribution in [0, 0.1) is 5.41 Å². The number of anilines is 2. The highest BCUT2D eigenvalue weighted by Crippen LogP contribution is 2.48. The Balaban J connectivity index is 1.61. The van der Waals surface area contributed by atoms with Crippen LogP contribution in [0.4, 0.5) is 11.4 Å². The summed E-state index contributed by atoms with van der Waals surface area (Å²) in [6.07, 6.45) is 0.662. The van der Waals surface area contributed by atoms with Crippen molar-refractivity contribution >= 4 is 23.0 Å². The number of nitrogens with zero attached hydrogens (tertiary/aromatic N) is 4. The minimum atomic E-state index is -0.682. The van der Waals surface area contributed by atoms with Crippen molar-refractivity contribution in [3.05, 3.63) is 60.2 Å². The number of rotatable bonds is 3. The van der Waals surface area contributed by atoms with E-state index < -0.39 is 5.41 Å². The monoisotopic (exact) mass is 390 g/mol. The summed E-state index contributed by atoms with van der Waals surface area (Å²) < 4.78 is 0. The Kier molecular flexibility index (Phi) is 4.41. The number of carbonyl (C=O) groups excluding carboxylic acids is 1. The molecule has 2 aromatic rings. The van der Waals surface area contributed by atoms with E-state index in [1.54, 1.807) is 5.01 Å². The average molecular weight is 390 g/mol. The molecule has 6 nitrogen and oxygen atoms in total. The second kappa shape index (κ2) is 6.97. The Morgan fingerprint density at radius 1 is 1.10 bits per heavy atom. The maximum atomic E-state index is 13.9. The van der Waals surface area contributed by atoms with Crippen LogP contribution in [0.3, 0.4) is 0 Å². The number of fused-ring (bicyclic) bond motifs is 4. The summed E-state index contributed by atoms with van der Waals surface area (Å²) in [6.45, 7) is 5.24. The van der Waals surface area contributed by atoms with Gasteiger partial charge in [0.2, 0.25) is 0 Å². The summed E-state index contributed by atoms with van der Waals surface area (Å²) in [5.74, 6) is 0.0524. The third-order valence-electron chi connectivity index (χ3n) is 6.69. The first-order valence-electron chi connectivity index (χ1n) is 10.3. The minimum Gasteiger partial charge on any atom is -0.395 e. The van der Waals surface area contributed by atoms with E-state index in [0.717, 1.165) is 31.0 Å². The van der Waals surface area contributed by atoms with Crippen molar-refractivity contribution in [2.24, 2.45) is 10.5 Å². The van der Waals surface area contributed by atoms with E-state index in [1.807, 2.05) is 37.3 Å². The molecule has 1 spiro atoms. The number of aliphatic hydroxyl groups is 1. The van der Waals surface area contributed by atoms with Gasteiger partial charge in [-0.25, -0.2) is 0 Å². The Morgan fingerprint density at radius 2 is 1.86 bits per heavy atom. The molecule has 2 unspecified atom stereocenters. The first-order chi connectivity index (χ1) is 14.1. The van der Waals surface area contributed by atoms with E-state index in [1.165, 1.54) is 11.3 Å². The molecule has 0 saturated carbocycles. The molecule has 2 aromatic carbocycles. The van der Waals surface area contributed by atoms with E-state index in [9.17, 15) is 9.90 Å². The maximum absolute atomic E-state index is 13.9. The normalized spacial score (nSPS) is 26.5. The number of hydrogen-bond donors (Lipinski definition) is 1. The van der Waals surface area contributed by atoms with Crippen molar-refractivity contribution < 1.29 is 9.90 Å². The zero-order valence-corrected chi connectivity index (χ0v) is 16.7. The summed E-state index contributed by atoms with van der Waals surface area (Å²) in [5, 5.41) is 15.8. The Morgan fingerprint density at radius 3 is 2.66 bits per heavy atom. The fourth-order valence-corrected chi connectivity index (χ4v) is 5.21. The Bertz CT molecular complexity index is 960. The van der Waals surface area contributed by atoms with E-state index in [4.69, 9.17) is 5.10 Å². The summed E-state index contributed by atoms with van der Waals surface area (Å²) >= 11 is 0. The quantitative estimate of drug-likeness (QED) is 0.872. The fraction of sp³-hybridized carbons (Fsp3) is 0.391. The summed E-state index contributed by atoms with van der Waals surface area (Å²) in [7, 11) is 0. The molecule has 1 saturated heterocycles. The lowest BCUT2D eigenvalue weighted by atomic mass is 9.67. The summed E-state index contributed by atoms with van der Waals surface area (Å²) in [6, 6.07) is 18.1. The standard InChI is InChI=1S/C23H26N4O2/c1-17-23(22(29)27(24-17)19-8-3-2-4-9-19)15-18-7-5-6-10-20(18)26-12-11-25(13-14-28)16-21(23)26/h2-10,21,28H,11-16H2,1H3. The molecule has 1 fully saturated rings. The Hall–Kier alpha value is -2.70. The lowest BCUT2D eigenvalue weighted by Crippen LogP contribution is -2.67. The average Bonchev–Trinajstić information content (AvgIpc) is 3.00. The highest BCUT2D eigenvalue weighted by molar-refractivity contribution is 6.20. The number of aliphatic hydroxyl groups excluding tert-OH is 1. The van der Waals surface area contributed by atoms with Gasteiger partial charge in [-0.15, -0.1) is 0 Å². The maximum Gasteiger partial charge on any atom is 0.261 e. The highest BCUT2D eigenvalue weighted by atomic mass is 16.3. The van der Waals surface area contributed by atoms with Crippen LogP contribution in [-0.2, 0) is 11.2 Å². The number of hydrogen-bond acceptors (Lipinski definition) is 5. The fourth-order valence-electron chi connectivity index (χ4n) is 5.21. The lowest BCUT2D eigenvalue weighted by Gasteiger charge is -2.53. The molecule has 5 rings (SSSR count). The van der Waals surface area contributed by atoms with Crippen molar-refractivity contribution in [2.75, 3.05) is 42.7 Å². The first-order valence-corrected chi connectivity index (χ1v) is 10.3. The topological polar surface area (TPSA) is 59.4 Å². The molecule has 2 atom stereocenters. The van der Waals surface area contributed by atoms with Crippen LogP contribution in [0.1, 0.15) is 12.5 Å². The van der Waals surface area contributed by atoms with Gasteiger partial charge in [0, 0.05) is 31.9 Å². The number of carbonyl (C=O) groups is 1. The SMILES string of the molecule is CC1=NN(c2ccccc2)C(=O)C12Cc1ccccc1N1CCN(CCO)CC12. The van der Waals surface area contributed by atoms with Crippen LogP contribution in [0.25, 0.3) is 0 Å². The van der Waals surface area contributed by atoms with Gasteiger partial charge in [0.15, 0.2) is 0 Å². The van der Waals surface area contributed by atoms with Crippen molar-refractivity contribution in [3.8, 4) is 0 Å². The number of hydrazone groups is 1. The second-order valence-electron chi connectivity index (χ2n) is 8.15. The van der Waals surface area contributed by atoms with Gasteiger partial charge in [0.1, 0.15) is 5.41 Å². The van der Waals surface area contributed by atoms with Crippen molar-refractivity contribution in [3.63, 3.8) is 0 Å². The van der Waals surface area contributed by atoms with Crippen molar-refractivity contribution in [1.29, 1.82) is 0 Å². The van der Waals surface area contributed by atoms with Crippen molar-refractivity contribution in [1.82, 2.24) is 4.90 Å². The highest BCUT2D eigenvalue weighted by Gasteiger charge is 2.59. The van der Waals surface area contributed by atoms with Gasteiger partial charge in [-0.3, -0.25) is 9.69 Å². The predicted octanol–water partition coefficient (Wildman–Crippen LogP) is 2.13. The molecule has 1 N–H and O–H groups in total. The molecule has 29 heavy (non-hydrogen) atoms. The molecule has 0 radical (unpaired) electrons. The van der Waals surface area contributed by atoms with Crippen LogP contribution in [0.5, 0.6) is 0 Å². The predicted molar refractivity (Wildman–Crippen MR) is 114 cm³/mol. The van der Waals surface area contributed by atoms with E-state index in [2.05, 4.69) is 34.1 Å². The number of para-hydroxylation sites is 2. The first kappa shape index (κ1) is 18.3. The zero-order chi connectivity index (χ0) is 20.0. The van der Waals surface area contributed by atoms with E-state index >= 15 is 0 Å². The lowest BCUT2D eigenvalue weighted by molar-refractivity contribution is -0.125. The van der Waals surface area contributed by atoms with Crippen LogP contribution in [0.2, 0.25) is 0 Å². The van der Waals surface area contributed by atoms with Gasteiger partial charge in [0.25, 0.3) is 5.91 Å². The van der Waals surface area contributed by atoms with Gasteiger partial charge in [-0.1, -0.05) is 36.4 Å². The number of piperazine rings is 1. The van der Waals surface area contributed by atoms with Crippen LogP contribution >= 0.6 is 0 Å². The van der Waals surface area contributed by atoms with E-state index in [0.29, 0.717) is 13.0 Å². The molecule has 1 amide bonds. The second-order valence-corrected chi connectivity index (χ2v) is 8.15. The minimum absolute atomic E-state index is 0.00247. The van der Waals surface area contributed by atoms with Gasteiger partial charge < -0.3 is 10.0 Å². The van der Waals surface area contributed by atoms with Gasteiger partial charge in [-0.2, -0.15) is 10.1 Å². The molecule has 150 valence electrons. The molecular formula is C23H26N4O2. The molecule has 0 aliphatic carbocycles. The third kappa shape index (κ3) is 2.70. The smallest absolute Gasteiger partial charge is 0.261 e. The molecule has 0 bridgehead atoms. The summed E-state index contributed by atoms with van der Waals surface area (Å²) in [4.78, 5) is 18.6. The van der Waals surface area contributed by atoms with Gasteiger partial charge in [0.05, 0.1) is 24.0 Å². The molecule has 3 aliphatic rings. The van der Waals surface area contributed by atoms with Crippen LogP contribution in [-0.4, -0.2) is 60.5 Å². The van der Waals surface area contributed by atoms with Crippen molar-refractivity contribution in [2.45, 2.75) is 19.4 Å². The third-order valence-corrected chi connectivity index (χ3v) is 6.69. The zero-order valence-electron chi connectivity index (χ0n) is 16.7. The molecule has 0 aromatic heterocycles. The van der Waals surface area contributed by atoms with Crippen LogP contribution in [0.15, 0.2) is 59.7 Å².